The highest BCUT2D eigenvalue weighted by Gasteiger charge is 2.22. The predicted octanol–water partition coefficient (Wildman–Crippen LogP) is 2.83. The molecule has 0 saturated heterocycles. The smallest absolute Gasteiger partial charge is 0.328 e. The second-order valence-corrected chi connectivity index (χ2v) is 5.76. The van der Waals surface area contributed by atoms with Gasteiger partial charge in [0.25, 0.3) is 0 Å². The van der Waals surface area contributed by atoms with Crippen LogP contribution in [0.4, 0.5) is 0 Å². The van der Waals surface area contributed by atoms with Gasteiger partial charge in [0.15, 0.2) is 0 Å². The van der Waals surface area contributed by atoms with Crippen LogP contribution in [-0.2, 0) is 27.2 Å². The molecule has 0 radical (unpaired) electrons. The zero-order valence-corrected chi connectivity index (χ0v) is 14.1. The fraction of sp³-hybridized carbons (Fsp3) is 0.300. The minimum Gasteiger partial charge on any atom is -0.467 e. The minimum atomic E-state index is -0.667. The first-order valence-electron chi connectivity index (χ1n) is 8.05. The normalized spacial score (nSPS) is 11.6. The topological polar surface area (TPSA) is 55.4 Å². The number of ether oxygens (including phenoxy) is 1. The number of amides is 1. The molecular weight excluding hydrogens is 302 g/mol. The van der Waals surface area contributed by atoms with Crippen LogP contribution in [0.2, 0.25) is 0 Å². The Hall–Kier alpha value is -2.62. The molecule has 4 heteroatoms. The van der Waals surface area contributed by atoms with E-state index in [0.717, 1.165) is 16.7 Å². The first-order chi connectivity index (χ1) is 11.6. The van der Waals surface area contributed by atoms with Gasteiger partial charge in [-0.1, -0.05) is 54.6 Å². The Labute approximate surface area is 142 Å². The third-order valence-electron chi connectivity index (χ3n) is 3.99. The molecule has 0 spiro atoms. The van der Waals surface area contributed by atoms with Crippen molar-refractivity contribution in [2.45, 2.75) is 32.2 Å². The van der Waals surface area contributed by atoms with Crippen LogP contribution in [0.5, 0.6) is 0 Å². The third-order valence-corrected chi connectivity index (χ3v) is 3.99. The van der Waals surface area contributed by atoms with Gasteiger partial charge in [-0.2, -0.15) is 0 Å². The highest BCUT2D eigenvalue weighted by atomic mass is 16.5. The number of carbonyl (C=O) groups is 2. The van der Waals surface area contributed by atoms with Gasteiger partial charge in [-0.05, 0) is 30.0 Å². The van der Waals surface area contributed by atoms with E-state index in [0.29, 0.717) is 19.3 Å². The van der Waals surface area contributed by atoms with E-state index in [1.54, 1.807) is 0 Å². The van der Waals surface area contributed by atoms with Crippen molar-refractivity contribution in [3.63, 3.8) is 0 Å². The number of carbonyl (C=O) groups excluding carboxylic acids is 2. The van der Waals surface area contributed by atoms with E-state index in [4.69, 9.17) is 4.74 Å². The maximum Gasteiger partial charge on any atom is 0.328 e. The molecule has 1 N–H and O–H groups in total. The molecule has 0 aromatic heterocycles. The standard InChI is InChI=1S/C20H23NO3/c1-15-8-6-7-11-17(15)14-18(20(23)24-2)21-19(22)13-12-16-9-4-3-5-10-16/h3-11,18H,12-14H2,1-2H3,(H,21,22)/t18-/m1/s1. The summed E-state index contributed by atoms with van der Waals surface area (Å²) in [5, 5.41) is 2.80. The largest absolute Gasteiger partial charge is 0.467 e. The lowest BCUT2D eigenvalue weighted by molar-refractivity contribution is -0.145. The van der Waals surface area contributed by atoms with Gasteiger partial charge in [0.2, 0.25) is 5.91 Å². The van der Waals surface area contributed by atoms with Gasteiger partial charge in [0.1, 0.15) is 6.04 Å². The lowest BCUT2D eigenvalue weighted by Gasteiger charge is -2.17. The van der Waals surface area contributed by atoms with E-state index in [1.807, 2.05) is 61.5 Å². The first kappa shape index (κ1) is 17.7. The summed E-state index contributed by atoms with van der Waals surface area (Å²) in [5.41, 5.74) is 3.21. The minimum absolute atomic E-state index is 0.150. The number of methoxy groups -OCH3 is 1. The summed E-state index contributed by atoms with van der Waals surface area (Å²) in [4.78, 5) is 24.2. The molecule has 0 fully saturated rings. The quantitative estimate of drug-likeness (QED) is 0.797. The van der Waals surface area contributed by atoms with Crippen LogP contribution >= 0.6 is 0 Å². The molecule has 2 aromatic carbocycles. The van der Waals surface area contributed by atoms with Crippen molar-refractivity contribution in [2.24, 2.45) is 0 Å². The molecule has 0 aliphatic carbocycles. The number of esters is 1. The summed E-state index contributed by atoms with van der Waals surface area (Å²) in [6, 6.07) is 17.0. The van der Waals surface area contributed by atoms with Gasteiger partial charge in [-0.15, -0.1) is 0 Å². The number of hydrogen-bond donors (Lipinski definition) is 1. The second kappa shape index (κ2) is 8.87. The van der Waals surface area contributed by atoms with Gasteiger partial charge in [0, 0.05) is 12.8 Å². The molecule has 4 nitrogen and oxygen atoms in total. The molecule has 1 amide bonds. The van der Waals surface area contributed by atoms with Crippen LogP contribution in [-0.4, -0.2) is 25.0 Å². The van der Waals surface area contributed by atoms with E-state index in [2.05, 4.69) is 5.32 Å². The van der Waals surface area contributed by atoms with Gasteiger partial charge in [-0.25, -0.2) is 4.79 Å². The van der Waals surface area contributed by atoms with Gasteiger partial charge in [0.05, 0.1) is 7.11 Å². The highest BCUT2D eigenvalue weighted by Crippen LogP contribution is 2.11. The van der Waals surface area contributed by atoms with E-state index in [-0.39, 0.29) is 5.91 Å². The van der Waals surface area contributed by atoms with Crippen LogP contribution in [0.25, 0.3) is 0 Å². The fourth-order valence-corrected chi connectivity index (χ4v) is 2.56. The molecule has 0 aliphatic rings. The molecule has 1 atom stereocenters. The average Bonchev–Trinajstić information content (AvgIpc) is 2.61. The Kier molecular flexibility index (Phi) is 6.55. The van der Waals surface area contributed by atoms with Crippen molar-refractivity contribution in [1.29, 1.82) is 0 Å². The zero-order chi connectivity index (χ0) is 17.4. The molecule has 0 aliphatic heterocycles. The molecule has 0 saturated carbocycles. The van der Waals surface area contributed by atoms with Crippen molar-refractivity contribution in [3.05, 3.63) is 71.3 Å². The Balaban J connectivity index is 1.97. The number of aryl methyl sites for hydroxylation is 2. The Morgan fingerprint density at radius 1 is 1.04 bits per heavy atom. The van der Waals surface area contributed by atoms with E-state index in [9.17, 15) is 9.59 Å². The second-order valence-electron chi connectivity index (χ2n) is 5.76. The monoisotopic (exact) mass is 325 g/mol. The predicted molar refractivity (Wildman–Crippen MR) is 93.6 cm³/mol. The summed E-state index contributed by atoms with van der Waals surface area (Å²) in [7, 11) is 1.34. The van der Waals surface area contributed by atoms with Crippen molar-refractivity contribution in [2.75, 3.05) is 7.11 Å². The Bertz CT molecular complexity index is 682. The Morgan fingerprint density at radius 2 is 1.71 bits per heavy atom. The molecule has 0 bridgehead atoms. The SMILES string of the molecule is COC(=O)[C@@H](Cc1ccccc1C)NC(=O)CCc1ccccc1. The van der Waals surface area contributed by atoms with Gasteiger partial charge >= 0.3 is 5.97 Å². The van der Waals surface area contributed by atoms with E-state index in [1.165, 1.54) is 7.11 Å². The molecule has 0 heterocycles. The molecular formula is C20H23NO3. The number of benzene rings is 2. The highest BCUT2D eigenvalue weighted by molar-refractivity contribution is 5.84. The molecule has 2 rings (SSSR count). The summed E-state index contributed by atoms with van der Waals surface area (Å²) in [6.45, 7) is 1.99. The molecule has 0 unspecified atom stereocenters. The van der Waals surface area contributed by atoms with Crippen LogP contribution in [0.3, 0.4) is 0 Å². The van der Waals surface area contributed by atoms with E-state index < -0.39 is 12.0 Å². The van der Waals surface area contributed by atoms with Crippen LogP contribution in [0.1, 0.15) is 23.1 Å². The number of rotatable bonds is 7. The number of nitrogens with one attached hydrogen (secondary N) is 1. The molecule has 2 aromatic rings. The van der Waals surface area contributed by atoms with Crippen LogP contribution in [0, 0.1) is 6.92 Å². The lowest BCUT2D eigenvalue weighted by atomic mass is 10.0. The first-order valence-corrected chi connectivity index (χ1v) is 8.05. The summed E-state index contributed by atoms with van der Waals surface area (Å²) < 4.78 is 4.83. The fourth-order valence-electron chi connectivity index (χ4n) is 2.56. The average molecular weight is 325 g/mol. The number of hydrogen-bond acceptors (Lipinski definition) is 3. The Morgan fingerprint density at radius 3 is 2.38 bits per heavy atom. The lowest BCUT2D eigenvalue weighted by Crippen LogP contribution is -2.43. The van der Waals surface area contributed by atoms with Crippen molar-refractivity contribution in [1.82, 2.24) is 5.32 Å². The van der Waals surface area contributed by atoms with Gasteiger partial charge < -0.3 is 10.1 Å². The van der Waals surface area contributed by atoms with E-state index >= 15 is 0 Å². The third kappa shape index (κ3) is 5.23. The molecule has 24 heavy (non-hydrogen) atoms. The van der Waals surface area contributed by atoms with Crippen molar-refractivity contribution in [3.8, 4) is 0 Å². The maximum atomic E-state index is 12.2. The summed E-state index contributed by atoms with van der Waals surface area (Å²) >= 11 is 0. The maximum absolute atomic E-state index is 12.2. The van der Waals surface area contributed by atoms with Gasteiger partial charge in [-0.3, -0.25) is 4.79 Å². The summed E-state index contributed by atoms with van der Waals surface area (Å²) in [5.74, 6) is -0.575. The van der Waals surface area contributed by atoms with Crippen molar-refractivity contribution >= 4 is 11.9 Å². The van der Waals surface area contributed by atoms with Crippen LogP contribution < -0.4 is 5.32 Å². The zero-order valence-electron chi connectivity index (χ0n) is 14.1. The summed E-state index contributed by atoms with van der Waals surface area (Å²) in [6.07, 6.45) is 1.41. The van der Waals surface area contributed by atoms with Crippen molar-refractivity contribution < 1.29 is 14.3 Å². The van der Waals surface area contributed by atoms with Crippen LogP contribution in [0.15, 0.2) is 54.6 Å². The molecule has 126 valence electrons.